The summed E-state index contributed by atoms with van der Waals surface area (Å²) >= 11 is 0. The van der Waals surface area contributed by atoms with Crippen LogP contribution in [0.15, 0.2) is 0 Å². The zero-order valence-electron chi connectivity index (χ0n) is 6.22. The van der Waals surface area contributed by atoms with E-state index in [1.54, 1.807) is 0 Å². The fourth-order valence-electron chi connectivity index (χ4n) is 1.44. The Morgan fingerprint density at radius 2 is 1.78 bits per heavy atom. The molecule has 53 valence electrons. The van der Waals surface area contributed by atoms with E-state index in [4.69, 9.17) is 0 Å². The van der Waals surface area contributed by atoms with Gasteiger partial charge in [-0.2, -0.15) is 0 Å². The maximum Gasteiger partial charge on any atom is 0.0169 e. The Hall–Kier alpha value is -0.0800. The topological polar surface area (TPSA) is 15.3 Å². The molecule has 0 aromatic heterocycles. The molecule has 1 aliphatic heterocycles. The summed E-state index contributed by atoms with van der Waals surface area (Å²) in [6.45, 7) is 6.52. The minimum atomic E-state index is 0.603. The second-order valence-electron chi connectivity index (χ2n) is 3.00. The number of piperazine rings is 1. The van der Waals surface area contributed by atoms with Gasteiger partial charge in [-0.1, -0.05) is 0 Å². The van der Waals surface area contributed by atoms with E-state index in [0.29, 0.717) is 12.1 Å². The highest BCUT2D eigenvalue weighted by atomic mass is 15.2. The highest BCUT2D eigenvalue weighted by Crippen LogP contribution is 2.00. The summed E-state index contributed by atoms with van der Waals surface area (Å²) in [5.74, 6) is 0. The largest absolute Gasteiger partial charge is 0.309 e. The normalized spacial score (nSPS) is 39.0. The van der Waals surface area contributed by atoms with E-state index in [9.17, 15) is 0 Å². The molecule has 1 radical (unpaired) electrons. The van der Waals surface area contributed by atoms with Gasteiger partial charge in [0.2, 0.25) is 0 Å². The lowest BCUT2D eigenvalue weighted by Gasteiger charge is -2.33. The summed E-state index contributed by atoms with van der Waals surface area (Å²) in [6.07, 6.45) is 0. The van der Waals surface area contributed by atoms with E-state index in [-0.39, 0.29) is 0 Å². The summed E-state index contributed by atoms with van der Waals surface area (Å²) < 4.78 is 0. The molecular formula is C7H15N2. The van der Waals surface area contributed by atoms with Crippen LogP contribution in [-0.2, 0) is 0 Å². The van der Waals surface area contributed by atoms with E-state index in [1.165, 1.54) is 0 Å². The van der Waals surface area contributed by atoms with Gasteiger partial charge < -0.3 is 5.32 Å². The lowest BCUT2D eigenvalue weighted by molar-refractivity contribution is 0.228. The molecular weight excluding hydrogens is 112 g/mol. The summed E-state index contributed by atoms with van der Waals surface area (Å²) in [7, 11) is 3.89. The third-order valence-corrected chi connectivity index (χ3v) is 1.63. The van der Waals surface area contributed by atoms with E-state index in [1.807, 2.05) is 0 Å². The highest BCUT2D eigenvalue weighted by molar-refractivity contribution is 4.79. The SMILES string of the molecule is [CH2]N1CC(C)NC(C)C1. The van der Waals surface area contributed by atoms with Gasteiger partial charge >= 0.3 is 0 Å². The molecule has 0 amide bonds. The van der Waals surface area contributed by atoms with E-state index >= 15 is 0 Å². The third-order valence-electron chi connectivity index (χ3n) is 1.63. The number of hydrogen-bond donors (Lipinski definition) is 1. The predicted molar refractivity (Wildman–Crippen MR) is 39.0 cm³/mol. The zero-order valence-corrected chi connectivity index (χ0v) is 6.22. The van der Waals surface area contributed by atoms with Gasteiger partial charge in [0.05, 0.1) is 0 Å². The van der Waals surface area contributed by atoms with Gasteiger partial charge in [-0.25, -0.2) is 0 Å². The molecule has 0 aromatic carbocycles. The standard InChI is InChI=1S/C7H15N2/c1-6-4-9(3)5-7(2)8-6/h6-8H,3-5H2,1-2H3. The van der Waals surface area contributed by atoms with Crippen molar-refractivity contribution in [2.45, 2.75) is 25.9 Å². The monoisotopic (exact) mass is 127 g/mol. The number of nitrogens with zero attached hydrogens (tertiary/aromatic N) is 1. The van der Waals surface area contributed by atoms with Crippen LogP contribution in [0.3, 0.4) is 0 Å². The Bertz CT molecular complexity index is 67.9. The first-order valence-electron chi connectivity index (χ1n) is 3.50. The second kappa shape index (κ2) is 2.67. The number of rotatable bonds is 0. The molecule has 2 nitrogen and oxygen atoms in total. The van der Waals surface area contributed by atoms with Crippen molar-refractivity contribution >= 4 is 0 Å². The predicted octanol–water partition coefficient (Wildman–Crippen LogP) is 0.460. The summed E-state index contributed by atoms with van der Waals surface area (Å²) in [4.78, 5) is 2.12. The van der Waals surface area contributed by atoms with Crippen LogP contribution in [0.5, 0.6) is 0 Å². The fraction of sp³-hybridized carbons (Fsp3) is 0.857. The van der Waals surface area contributed by atoms with Crippen LogP contribution in [-0.4, -0.2) is 30.1 Å². The average Bonchev–Trinajstić information content (AvgIpc) is 1.59. The highest BCUT2D eigenvalue weighted by Gasteiger charge is 2.16. The van der Waals surface area contributed by atoms with Crippen LogP contribution in [0.25, 0.3) is 0 Å². The molecule has 1 fully saturated rings. The molecule has 1 heterocycles. The van der Waals surface area contributed by atoms with Crippen molar-refractivity contribution in [1.82, 2.24) is 10.2 Å². The molecule has 0 aliphatic carbocycles. The molecule has 1 rings (SSSR count). The second-order valence-corrected chi connectivity index (χ2v) is 3.00. The molecule has 2 heteroatoms. The van der Waals surface area contributed by atoms with E-state index < -0.39 is 0 Å². The van der Waals surface area contributed by atoms with Crippen LogP contribution in [0.1, 0.15) is 13.8 Å². The third kappa shape index (κ3) is 1.95. The van der Waals surface area contributed by atoms with Crippen LogP contribution in [0.2, 0.25) is 0 Å². The van der Waals surface area contributed by atoms with Crippen molar-refractivity contribution in [3.63, 3.8) is 0 Å². The van der Waals surface area contributed by atoms with Crippen LogP contribution >= 0.6 is 0 Å². The lowest BCUT2D eigenvalue weighted by Crippen LogP contribution is -2.51. The van der Waals surface area contributed by atoms with Crippen LogP contribution in [0, 0.1) is 7.05 Å². The van der Waals surface area contributed by atoms with Crippen molar-refractivity contribution in [3.8, 4) is 0 Å². The molecule has 0 spiro atoms. The van der Waals surface area contributed by atoms with Gasteiger partial charge in [0.15, 0.2) is 0 Å². The average molecular weight is 127 g/mol. The van der Waals surface area contributed by atoms with Gasteiger partial charge in [0, 0.05) is 32.2 Å². The maximum absolute atomic E-state index is 3.89. The molecule has 1 N–H and O–H groups in total. The van der Waals surface area contributed by atoms with Gasteiger partial charge in [0.25, 0.3) is 0 Å². The van der Waals surface area contributed by atoms with Gasteiger partial charge in [-0.05, 0) is 13.8 Å². The van der Waals surface area contributed by atoms with Crippen molar-refractivity contribution in [2.24, 2.45) is 0 Å². The Morgan fingerprint density at radius 3 is 2.11 bits per heavy atom. The molecule has 0 bridgehead atoms. The van der Waals surface area contributed by atoms with Crippen molar-refractivity contribution in [1.29, 1.82) is 0 Å². The first kappa shape index (κ1) is 7.03. The van der Waals surface area contributed by atoms with E-state index in [2.05, 4.69) is 31.1 Å². The fourth-order valence-corrected chi connectivity index (χ4v) is 1.44. The molecule has 1 saturated heterocycles. The number of hydrogen-bond acceptors (Lipinski definition) is 2. The first-order chi connectivity index (χ1) is 4.18. The smallest absolute Gasteiger partial charge is 0.0169 e. The molecule has 0 saturated carbocycles. The van der Waals surface area contributed by atoms with Gasteiger partial charge in [-0.3, -0.25) is 4.90 Å². The van der Waals surface area contributed by atoms with Gasteiger partial charge in [0.1, 0.15) is 0 Å². The minimum absolute atomic E-state index is 0.603. The van der Waals surface area contributed by atoms with Crippen molar-refractivity contribution < 1.29 is 0 Å². The summed E-state index contributed by atoms with van der Waals surface area (Å²) in [5.41, 5.74) is 0. The van der Waals surface area contributed by atoms with Crippen molar-refractivity contribution in [2.75, 3.05) is 13.1 Å². The van der Waals surface area contributed by atoms with Crippen LogP contribution in [0.4, 0.5) is 0 Å². The quantitative estimate of drug-likeness (QED) is 0.508. The Morgan fingerprint density at radius 1 is 1.33 bits per heavy atom. The number of nitrogens with one attached hydrogen (secondary N) is 1. The zero-order chi connectivity index (χ0) is 6.85. The van der Waals surface area contributed by atoms with E-state index in [0.717, 1.165) is 13.1 Å². The minimum Gasteiger partial charge on any atom is -0.309 e. The first-order valence-corrected chi connectivity index (χ1v) is 3.50. The molecule has 0 aromatic rings. The molecule has 1 aliphatic rings. The lowest BCUT2D eigenvalue weighted by atomic mass is 10.2. The Kier molecular flexibility index (Phi) is 2.09. The Balaban J connectivity index is 2.34. The molecule has 2 atom stereocenters. The Labute approximate surface area is 57.2 Å². The molecule has 9 heavy (non-hydrogen) atoms. The summed E-state index contributed by atoms with van der Waals surface area (Å²) in [5, 5.41) is 3.43. The summed E-state index contributed by atoms with van der Waals surface area (Å²) in [6, 6.07) is 1.21. The van der Waals surface area contributed by atoms with Crippen LogP contribution < -0.4 is 5.32 Å². The molecule has 2 unspecified atom stereocenters. The van der Waals surface area contributed by atoms with Gasteiger partial charge in [-0.15, -0.1) is 0 Å². The maximum atomic E-state index is 3.89. The van der Waals surface area contributed by atoms with Crippen molar-refractivity contribution in [3.05, 3.63) is 7.05 Å².